The van der Waals surface area contributed by atoms with Gasteiger partial charge in [0.1, 0.15) is 0 Å². The fourth-order valence-electron chi connectivity index (χ4n) is 0.842. The molecule has 1 atom stereocenters. The van der Waals surface area contributed by atoms with E-state index in [1.165, 1.54) is 13.8 Å². The van der Waals surface area contributed by atoms with Crippen molar-refractivity contribution in [3.05, 3.63) is 0 Å². The summed E-state index contributed by atoms with van der Waals surface area (Å²) in [5, 5.41) is 0. The van der Waals surface area contributed by atoms with E-state index in [9.17, 15) is 18.0 Å². The highest BCUT2D eigenvalue weighted by Gasteiger charge is 2.42. The molecule has 0 N–H and O–H groups in total. The second-order valence-electron chi connectivity index (χ2n) is 2.49. The normalized spacial score (nSPS) is 13.8. The Hall–Kier alpha value is -0.780. The molecule has 0 heterocycles. The molecule has 3 nitrogen and oxygen atoms in total. The van der Waals surface area contributed by atoms with Crippen molar-refractivity contribution in [2.75, 3.05) is 13.2 Å². The van der Waals surface area contributed by atoms with Crippen molar-refractivity contribution in [2.45, 2.75) is 32.5 Å². The van der Waals surface area contributed by atoms with Crippen molar-refractivity contribution in [2.24, 2.45) is 0 Å². The van der Waals surface area contributed by atoms with Crippen molar-refractivity contribution < 1.29 is 27.4 Å². The minimum absolute atomic E-state index is 0.0650. The maximum absolute atomic E-state index is 12.2. The first-order valence-electron chi connectivity index (χ1n) is 4.25. The predicted octanol–water partition coefficient (Wildman–Crippen LogP) is 1.91. The summed E-state index contributed by atoms with van der Waals surface area (Å²) < 4.78 is 45.3. The molecule has 0 spiro atoms. The van der Waals surface area contributed by atoms with Gasteiger partial charge in [0.2, 0.25) is 0 Å². The molecule has 14 heavy (non-hydrogen) atoms. The molecule has 0 aromatic carbocycles. The zero-order valence-corrected chi connectivity index (χ0v) is 8.06. The van der Waals surface area contributed by atoms with Gasteiger partial charge in [0.05, 0.1) is 13.0 Å². The Morgan fingerprint density at radius 3 is 2.21 bits per heavy atom. The standard InChI is InChI=1S/C8H13F3O3/c1-3-13-6(8(9,10)11)5-7(12)14-4-2/h6H,3-5H2,1-2H3. The Morgan fingerprint density at radius 1 is 1.29 bits per heavy atom. The summed E-state index contributed by atoms with van der Waals surface area (Å²) in [7, 11) is 0. The highest BCUT2D eigenvalue weighted by Crippen LogP contribution is 2.25. The van der Waals surface area contributed by atoms with Gasteiger partial charge in [-0.05, 0) is 13.8 Å². The smallest absolute Gasteiger partial charge is 0.415 e. The predicted molar refractivity (Wildman–Crippen MR) is 42.7 cm³/mol. The number of hydrogen-bond donors (Lipinski definition) is 0. The van der Waals surface area contributed by atoms with E-state index >= 15 is 0 Å². The topological polar surface area (TPSA) is 35.5 Å². The summed E-state index contributed by atoms with van der Waals surface area (Å²) in [4.78, 5) is 10.8. The zero-order valence-electron chi connectivity index (χ0n) is 8.06. The number of halogens is 3. The van der Waals surface area contributed by atoms with Crippen LogP contribution in [-0.2, 0) is 14.3 Å². The van der Waals surface area contributed by atoms with E-state index in [1.807, 2.05) is 0 Å². The van der Waals surface area contributed by atoms with Crippen molar-refractivity contribution in [1.29, 1.82) is 0 Å². The summed E-state index contributed by atoms with van der Waals surface area (Å²) in [6.07, 6.45) is -7.37. The van der Waals surface area contributed by atoms with E-state index in [4.69, 9.17) is 0 Å². The summed E-state index contributed by atoms with van der Waals surface area (Å²) in [6, 6.07) is 0. The highest BCUT2D eigenvalue weighted by molar-refractivity contribution is 5.70. The van der Waals surface area contributed by atoms with Gasteiger partial charge in [-0.25, -0.2) is 0 Å². The number of esters is 1. The maximum atomic E-state index is 12.2. The van der Waals surface area contributed by atoms with E-state index in [-0.39, 0.29) is 13.2 Å². The number of alkyl halides is 3. The number of ether oxygens (including phenoxy) is 2. The molecule has 0 aliphatic heterocycles. The molecule has 1 unspecified atom stereocenters. The first-order valence-corrected chi connectivity index (χ1v) is 4.25. The highest BCUT2D eigenvalue weighted by atomic mass is 19.4. The number of hydrogen-bond acceptors (Lipinski definition) is 3. The Morgan fingerprint density at radius 2 is 1.86 bits per heavy atom. The SMILES string of the molecule is CCOC(=O)CC(OCC)C(F)(F)F. The average Bonchev–Trinajstić information content (AvgIpc) is 2.02. The van der Waals surface area contributed by atoms with Crippen LogP contribution < -0.4 is 0 Å². The molecule has 84 valence electrons. The van der Waals surface area contributed by atoms with E-state index < -0.39 is 24.7 Å². The fourth-order valence-corrected chi connectivity index (χ4v) is 0.842. The average molecular weight is 214 g/mol. The molecular formula is C8H13F3O3. The third kappa shape index (κ3) is 5.06. The van der Waals surface area contributed by atoms with Crippen LogP contribution in [0.1, 0.15) is 20.3 Å². The van der Waals surface area contributed by atoms with Crippen LogP contribution in [0.5, 0.6) is 0 Å². The van der Waals surface area contributed by atoms with Crippen molar-refractivity contribution in [3.63, 3.8) is 0 Å². The van der Waals surface area contributed by atoms with E-state index in [2.05, 4.69) is 9.47 Å². The second-order valence-corrected chi connectivity index (χ2v) is 2.49. The monoisotopic (exact) mass is 214 g/mol. The summed E-state index contributed by atoms with van der Waals surface area (Å²) >= 11 is 0. The molecule has 0 rings (SSSR count). The van der Waals surface area contributed by atoms with Crippen LogP contribution in [-0.4, -0.2) is 31.5 Å². The Balaban J connectivity index is 4.16. The third-order valence-corrected chi connectivity index (χ3v) is 1.39. The summed E-state index contributed by atoms with van der Waals surface area (Å²) in [5.74, 6) is -0.900. The molecule has 0 saturated carbocycles. The van der Waals surface area contributed by atoms with Gasteiger partial charge in [0.25, 0.3) is 0 Å². The lowest BCUT2D eigenvalue weighted by Crippen LogP contribution is -2.34. The minimum Gasteiger partial charge on any atom is -0.466 e. The summed E-state index contributed by atoms with van der Waals surface area (Å²) in [5.41, 5.74) is 0. The zero-order chi connectivity index (χ0) is 11.2. The van der Waals surface area contributed by atoms with E-state index in [0.29, 0.717) is 0 Å². The first-order chi connectivity index (χ1) is 6.41. The van der Waals surface area contributed by atoms with Gasteiger partial charge in [-0.1, -0.05) is 0 Å². The fraction of sp³-hybridized carbons (Fsp3) is 0.875. The molecule has 6 heteroatoms. The van der Waals surface area contributed by atoms with Crippen molar-refractivity contribution >= 4 is 5.97 Å². The van der Waals surface area contributed by atoms with Gasteiger partial charge >= 0.3 is 12.1 Å². The minimum atomic E-state index is -4.53. The lowest BCUT2D eigenvalue weighted by atomic mass is 10.2. The molecule has 0 aliphatic rings. The molecule has 0 aromatic heterocycles. The molecule has 0 saturated heterocycles. The van der Waals surface area contributed by atoms with Gasteiger partial charge in [-0.3, -0.25) is 4.79 Å². The third-order valence-electron chi connectivity index (χ3n) is 1.39. The number of rotatable bonds is 5. The van der Waals surface area contributed by atoms with Gasteiger partial charge in [-0.2, -0.15) is 13.2 Å². The molecule has 0 radical (unpaired) electrons. The van der Waals surface area contributed by atoms with Gasteiger partial charge in [0, 0.05) is 6.61 Å². The Bertz CT molecular complexity index is 179. The van der Waals surface area contributed by atoms with E-state index in [1.54, 1.807) is 0 Å². The molecule has 0 fully saturated rings. The summed E-state index contributed by atoms with van der Waals surface area (Å²) in [6.45, 7) is 2.93. The van der Waals surface area contributed by atoms with Crippen LogP contribution >= 0.6 is 0 Å². The van der Waals surface area contributed by atoms with Crippen LogP contribution in [0.4, 0.5) is 13.2 Å². The van der Waals surface area contributed by atoms with E-state index in [0.717, 1.165) is 0 Å². The molecule has 0 amide bonds. The first kappa shape index (κ1) is 13.2. The second kappa shape index (κ2) is 5.85. The van der Waals surface area contributed by atoms with Crippen LogP contribution in [0, 0.1) is 0 Å². The number of carbonyl (C=O) groups is 1. The maximum Gasteiger partial charge on any atom is 0.415 e. The van der Waals surface area contributed by atoms with Crippen molar-refractivity contribution in [1.82, 2.24) is 0 Å². The molecule has 0 aromatic rings. The van der Waals surface area contributed by atoms with Crippen molar-refractivity contribution in [3.8, 4) is 0 Å². The van der Waals surface area contributed by atoms with Crippen LogP contribution in [0.3, 0.4) is 0 Å². The Kier molecular flexibility index (Phi) is 5.52. The molecule has 0 bridgehead atoms. The van der Waals surface area contributed by atoms with Crippen LogP contribution in [0.25, 0.3) is 0 Å². The van der Waals surface area contributed by atoms with Crippen LogP contribution in [0.15, 0.2) is 0 Å². The quantitative estimate of drug-likeness (QED) is 0.656. The lowest BCUT2D eigenvalue weighted by molar-refractivity contribution is -0.223. The van der Waals surface area contributed by atoms with Gasteiger partial charge in [0.15, 0.2) is 6.10 Å². The largest absolute Gasteiger partial charge is 0.466 e. The number of carbonyl (C=O) groups excluding carboxylic acids is 1. The van der Waals surface area contributed by atoms with Gasteiger partial charge < -0.3 is 9.47 Å². The molecular weight excluding hydrogens is 201 g/mol. The van der Waals surface area contributed by atoms with Crippen LogP contribution in [0.2, 0.25) is 0 Å². The Labute approximate surface area is 80.2 Å². The molecule has 0 aliphatic carbocycles. The lowest BCUT2D eigenvalue weighted by Gasteiger charge is -2.18. The van der Waals surface area contributed by atoms with Gasteiger partial charge in [-0.15, -0.1) is 0 Å².